The van der Waals surface area contributed by atoms with Gasteiger partial charge in [-0.25, -0.2) is 9.97 Å². The first-order valence-corrected chi connectivity index (χ1v) is 7.23. The number of nitrogens with one attached hydrogen (secondary N) is 1. The summed E-state index contributed by atoms with van der Waals surface area (Å²) in [5.41, 5.74) is 4.95. The molecule has 2 heterocycles. The summed E-state index contributed by atoms with van der Waals surface area (Å²) < 4.78 is 2.38. The molecule has 0 amide bonds. The molecule has 0 spiro atoms. The van der Waals surface area contributed by atoms with Gasteiger partial charge in [0.05, 0.1) is 0 Å². The summed E-state index contributed by atoms with van der Waals surface area (Å²) in [6, 6.07) is 8.69. The molecule has 4 heteroatoms. The molecule has 0 radical (unpaired) electrons. The number of anilines is 2. The fourth-order valence-corrected chi connectivity index (χ4v) is 2.84. The van der Waals surface area contributed by atoms with Crippen molar-refractivity contribution in [3.05, 3.63) is 47.9 Å². The van der Waals surface area contributed by atoms with E-state index in [1.807, 2.05) is 6.07 Å². The number of fused-ring (bicyclic) bond motifs is 1. The predicted octanol–water partition coefficient (Wildman–Crippen LogP) is 4.37. The standard InChI is InChI=1S/C17H20N4/c1-11(2)21-13(4)12(3)15-10-14(6-7-16(15)21)20-17-18-8-5-9-19-17/h5-11H,1-4H3,(H,18,19,20). The van der Waals surface area contributed by atoms with Crippen LogP contribution in [0.2, 0.25) is 0 Å². The maximum Gasteiger partial charge on any atom is 0.227 e. The Bertz CT molecular complexity index is 772. The van der Waals surface area contributed by atoms with E-state index in [-0.39, 0.29) is 0 Å². The second-order valence-electron chi connectivity index (χ2n) is 5.60. The summed E-state index contributed by atoms with van der Waals surface area (Å²) in [7, 11) is 0. The number of hydrogen-bond donors (Lipinski definition) is 1. The molecular formula is C17H20N4. The van der Waals surface area contributed by atoms with Crippen LogP contribution in [0.1, 0.15) is 31.1 Å². The lowest BCUT2D eigenvalue weighted by Crippen LogP contribution is -2.02. The minimum Gasteiger partial charge on any atom is -0.342 e. The average molecular weight is 280 g/mol. The number of hydrogen-bond acceptors (Lipinski definition) is 3. The zero-order chi connectivity index (χ0) is 15.0. The van der Waals surface area contributed by atoms with Crippen LogP contribution in [0.3, 0.4) is 0 Å². The van der Waals surface area contributed by atoms with Gasteiger partial charge in [-0.15, -0.1) is 0 Å². The Labute approximate surface area is 124 Å². The lowest BCUT2D eigenvalue weighted by molar-refractivity contribution is 0.606. The molecule has 3 aromatic rings. The Morgan fingerprint density at radius 3 is 2.48 bits per heavy atom. The highest BCUT2D eigenvalue weighted by molar-refractivity contribution is 5.88. The fraction of sp³-hybridized carbons (Fsp3) is 0.294. The van der Waals surface area contributed by atoms with Gasteiger partial charge >= 0.3 is 0 Å². The van der Waals surface area contributed by atoms with Gasteiger partial charge in [0.25, 0.3) is 0 Å². The van der Waals surface area contributed by atoms with Gasteiger partial charge in [0.1, 0.15) is 0 Å². The van der Waals surface area contributed by atoms with Gasteiger partial charge in [-0.3, -0.25) is 0 Å². The van der Waals surface area contributed by atoms with E-state index in [2.05, 4.69) is 65.7 Å². The molecule has 0 aliphatic rings. The van der Waals surface area contributed by atoms with Gasteiger partial charge in [-0.1, -0.05) is 0 Å². The maximum atomic E-state index is 4.20. The van der Waals surface area contributed by atoms with Crippen LogP contribution in [-0.2, 0) is 0 Å². The third-order valence-electron chi connectivity index (χ3n) is 3.90. The van der Waals surface area contributed by atoms with Crippen molar-refractivity contribution in [3.8, 4) is 0 Å². The number of aromatic nitrogens is 3. The highest BCUT2D eigenvalue weighted by atomic mass is 15.1. The van der Waals surface area contributed by atoms with E-state index in [9.17, 15) is 0 Å². The minimum atomic E-state index is 0.456. The highest BCUT2D eigenvalue weighted by Gasteiger charge is 2.13. The van der Waals surface area contributed by atoms with Crippen LogP contribution in [-0.4, -0.2) is 14.5 Å². The summed E-state index contributed by atoms with van der Waals surface area (Å²) in [6.45, 7) is 8.80. The van der Waals surface area contributed by atoms with Crippen LogP contribution in [0.5, 0.6) is 0 Å². The number of benzene rings is 1. The average Bonchev–Trinajstić information content (AvgIpc) is 2.72. The molecule has 1 aromatic carbocycles. The molecule has 3 rings (SSSR count). The summed E-state index contributed by atoms with van der Waals surface area (Å²) in [6.07, 6.45) is 3.47. The third kappa shape index (κ3) is 2.37. The lowest BCUT2D eigenvalue weighted by atomic mass is 10.1. The zero-order valence-electron chi connectivity index (χ0n) is 12.9. The molecule has 21 heavy (non-hydrogen) atoms. The number of nitrogens with zero attached hydrogens (tertiary/aromatic N) is 3. The Hall–Kier alpha value is -2.36. The van der Waals surface area contributed by atoms with Gasteiger partial charge in [0.15, 0.2) is 0 Å². The SMILES string of the molecule is Cc1c(C)n(C(C)C)c2ccc(Nc3ncccn3)cc12. The van der Waals surface area contributed by atoms with Crippen molar-refractivity contribution < 1.29 is 0 Å². The second-order valence-corrected chi connectivity index (χ2v) is 5.60. The molecule has 0 aliphatic carbocycles. The van der Waals surface area contributed by atoms with Crippen LogP contribution >= 0.6 is 0 Å². The molecule has 0 fully saturated rings. The molecule has 0 unspecified atom stereocenters. The van der Waals surface area contributed by atoms with Gasteiger partial charge in [0, 0.05) is 40.7 Å². The van der Waals surface area contributed by atoms with Crippen molar-refractivity contribution in [2.24, 2.45) is 0 Å². The Morgan fingerprint density at radius 2 is 1.81 bits per heavy atom. The predicted molar refractivity (Wildman–Crippen MR) is 87.1 cm³/mol. The van der Waals surface area contributed by atoms with E-state index in [1.54, 1.807) is 12.4 Å². The van der Waals surface area contributed by atoms with Gasteiger partial charge < -0.3 is 9.88 Å². The molecule has 0 bridgehead atoms. The molecule has 4 nitrogen and oxygen atoms in total. The Kier molecular flexibility index (Phi) is 3.37. The minimum absolute atomic E-state index is 0.456. The van der Waals surface area contributed by atoms with Crippen LogP contribution < -0.4 is 5.32 Å². The van der Waals surface area contributed by atoms with E-state index in [0.717, 1.165) is 5.69 Å². The summed E-state index contributed by atoms with van der Waals surface area (Å²) in [4.78, 5) is 8.40. The van der Waals surface area contributed by atoms with Crippen LogP contribution in [0.4, 0.5) is 11.6 Å². The first-order valence-electron chi connectivity index (χ1n) is 7.23. The monoisotopic (exact) mass is 280 g/mol. The number of aryl methyl sites for hydroxylation is 1. The van der Waals surface area contributed by atoms with Gasteiger partial charge in [-0.05, 0) is 57.5 Å². The largest absolute Gasteiger partial charge is 0.342 e. The summed E-state index contributed by atoms with van der Waals surface area (Å²) >= 11 is 0. The van der Waals surface area contributed by atoms with Crippen molar-refractivity contribution >= 4 is 22.5 Å². The quantitative estimate of drug-likeness (QED) is 0.774. The van der Waals surface area contributed by atoms with Crippen LogP contribution in [0.25, 0.3) is 10.9 Å². The van der Waals surface area contributed by atoms with Crippen molar-refractivity contribution in [3.63, 3.8) is 0 Å². The van der Waals surface area contributed by atoms with Crippen molar-refractivity contribution in [2.45, 2.75) is 33.7 Å². The molecule has 0 saturated carbocycles. The molecule has 0 aliphatic heterocycles. The fourth-order valence-electron chi connectivity index (χ4n) is 2.84. The highest BCUT2D eigenvalue weighted by Crippen LogP contribution is 2.30. The molecule has 0 atom stereocenters. The van der Waals surface area contributed by atoms with E-state index >= 15 is 0 Å². The topological polar surface area (TPSA) is 42.7 Å². The van der Waals surface area contributed by atoms with Crippen molar-refractivity contribution in [1.82, 2.24) is 14.5 Å². The van der Waals surface area contributed by atoms with Crippen molar-refractivity contribution in [1.29, 1.82) is 0 Å². The molecule has 1 N–H and O–H groups in total. The van der Waals surface area contributed by atoms with E-state index in [1.165, 1.54) is 22.2 Å². The third-order valence-corrected chi connectivity index (χ3v) is 3.90. The Balaban J connectivity index is 2.07. The van der Waals surface area contributed by atoms with Crippen LogP contribution in [0, 0.1) is 13.8 Å². The number of rotatable bonds is 3. The van der Waals surface area contributed by atoms with Gasteiger partial charge in [-0.2, -0.15) is 0 Å². The summed E-state index contributed by atoms with van der Waals surface area (Å²) in [5, 5.41) is 4.53. The summed E-state index contributed by atoms with van der Waals surface area (Å²) in [5.74, 6) is 0.620. The normalized spacial score (nSPS) is 11.3. The lowest BCUT2D eigenvalue weighted by Gasteiger charge is -2.12. The zero-order valence-corrected chi connectivity index (χ0v) is 12.9. The Morgan fingerprint density at radius 1 is 1.10 bits per heavy atom. The molecule has 108 valence electrons. The molecule has 0 saturated heterocycles. The van der Waals surface area contributed by atoms with E-state index in [4.69, 9.17) is 0 Å². The second kappa shape index (κ2) is 5.20. The van der Waals surface area contributed by atoms with Gasteiger partial charge in [0.2, 0.25) is 5.95 Å². The van der Waals surface area contributed by atoms with E-state index < -0.39 is 0 Å². The van der Waals surface area contributed by atoms with Crippen molar-refractivity contribution in [2.75, 3.05) is 5.32 Å². The molecular weight excluding hydrogens is 260 g/mol. The van der Waals surface area contributed by atoms with E-state index in [0.29, 0.717) is 12.0 Å². The molecule has 2 aromatic heterocycles. The first-order chi connectivity index (χ1) is 10.1. The van der Waals surface area contributed by atoms with Crippen LogP contribution in [0.15, 0.2) is 36.7 Å². The maximum absolute atomic E-state index is 4.20. The first kappa shape index (κ1) is 13.6. The smallest absolute Gasteiger partial charge is 0.227 e.